The lowest BCUT2D eigenvalue weighted by Gasteiger charge is -2.33. The SMILES string of the molecule is CCCCCCC(C)(CCCCC)C(=O)OC1COC1. The highest BCUT2D eigenvalue weighted by atomic mass is 16.6. The van der Waals surface area contributed by atoms with Gasteiger partial charge < -0.3 is 9.47 Å². The molecule has 3 nitrogen and oxygen atoms in total. The van der Waals surface area contributed by atoms with Crippen LogP contribution in [0, 0.1) is 5.41 Å². The summed E-state index contributed by atoms with van der Waals surface area (Å²) < 4.78 is 10.7. The van der Waals surface area contributed by atoms with Gasteiger partial charge in [-0.05, 0) is 19.8 Å². The quantitative estimate of drug-likeness (QED) is 0.414. The lowest BCUT2D eigenvalue weighted by atomic mass is 9.79. The minimum Gasteiger partial charge on any atom is -0.457 e. The molecule has 1 unspecified atom stereocenters. The molecule has 0 N–H and O–H groups in total. The van der Waals surface area contributed by atoms with Crippen LogP contribution in [0.4, 0.5) is 0 Å². The fourth-order valence-electron chi connectivity index (χ4n) is 2.61. The molecule has 0 aromatic rings. The van der Waals surface area contributed by atoms with E-state index in [0.29, 0.717) is 13.2 Å². The zero-order chi connectivity index (χ0) is 14.8. The molecule has 1 aliphatic heterocycles. The van der Waals surface area contributed by atoms with Crippen molar-refractivity contribution in [3.63, 3.8) is 0 Å². The molecular weight excluding hydrogens is 252 g/mol. The van der Waals surface area contributed by atoms with Crippen LogP contribution in [0.25, 0.3) is 0 Å². The van der Waals surface area contributed by atoms with Gasteiger partial charge in [-0.15, -0.1) is 0 Å². The van der Waals surface area contributed by atoms with E-state index in [1.807, 2.05) is 0 Å². The molecule has 1 saturated heterocycles. The Kier molecular flexibility index (Phi) is 8.20. The smallest absolute Gasteiger partial charge is 0.312 e. The number of rotatable bonds is 11. The van der Waals surface area contributed by atoms with E-state index in [-0.39, 0.29) is 17.5 Å². The summed E-state index contributed by atoms with van der Waals surface area (Å²) in [5, 5.41) is 0. The molecule has 0 aliphatic carbocycles. The van der Waals surface area contributed by atoms with Gasteiger partial charge in [0, 0.05) is 0 Å². The van der Waals surface area contributed by atoms with Crippen molar-refractivity contribution in [1.29, 1.82) is 0 Å². The van der Waals surface area contributed by atoms with Gasteiger partial charge in [0.25, 0.3) is 0 Å². The lowest BCUT2D eigenvalue weighted by molar-refractivity contribution is -0.183. The van der Waals surface area contributed by atoms with Crippen molar-refractivity contribution in [2.75, 3.05) is 13.2 Å². The Bertz CT molecular complexity index is 273. The zero-order valence-corrected chi connectivity index (χ0v) is 13.6. The third-order valence-corrected chi connectivity index (χ3v) is 4.29. The summed E-state index contributed by atoms with van der Waals surface area (Å²) in [5.74, 6) is -0.00148. The molecule has 0 aromatic carbocycles. The van der Waals surface area contributed by atoms with Crippen molar-refractivity contribution in [2.45, 2.75) is 84.7 Å². The van der Waals surface area contributed by atoms with Gasteiger partial charge in [-0.3, -0.25) is 4.79 Å². The topological polar surface area (TPSA) is 35.5 Å². The lowest BCUT2D eigenvalue weighted by Crippen LogP contribution is -2.42. The molecule has 1 fully saturated rings. The molecule has 118 valence electrons. The van der Waals surface area contributed by atoms with Crippen molar-refractivity contribution >= 4 is 5.97 Å². The predicted octanol–water partition coefficient (Wildman–Crippen LogP) is 4.49. The van der Waals surface area contributed by atoms with Crippen molar-refractivity contribution in [3.05, 3.63) is 0 Å². The van der Waals surface area contributed by atoms with Crippen molar-refractivity contribution in [3.8, 4) is 0 Å². The molecule has 1 aliphatic rings. The predicted molar refractivity (Wildman–Crippen MR) is 81.7 cm³/mol. The third kappa shape index (κ3) is 5.82. The molecule has 0 amide bonds. The first kappa shape index (κ1) is 17.5. The van der Waals surface area contributed by atoms with Crippen LogP contribution in [0.3, 0.4) is 0 Å². The number of hydrogen-bond acceptors (Lipinski definition) is 3. The summed E-state index contributed by atoms with van der Waals surface area (Å²) in [7, 11) is 0. The molecule has 1 rings (SSSR count). The second-order valence-electron chi connectivity index (χ2n) is 6.39. The number of carbonyl (C=O) groups excluding carboxylic acids is 1. The molecule has 1 heterocycles. The molecule has 0 aromatic heterocycles. The number of ether oxygens (including phenoxy) is 2. The van der Waals surface area contributed by atoms with Crippen LogP contribution < -0.4 is 0 Å². The zero-order valence-electron chi connectivity index (χ0n) is 13.6. The highest BCUT2D eigenvalue weighted by Gasteiger charge is 2.36. The van der Waals surface area contributed by atoms with E-state index < -0.39 is 0 Å². The van der Waals surface area contributed by atoms with Gasteiger partial charge in [-0.1, -0.05) is 58.8 Å². The first-order valence-electron chi connectivity index (χ1n) is 8.41. The molecule has 0 bridgehead atoms. The Morgan fingerprint density at radius 3 is 2.10 bits per heavy atom. The summed E-state index contributed by atoms with van der Waals surface area (Å²) >= 11 is 0. The van der Waals surface area contributed by atoms with Crippen molar-refractivity contribution in [1.82, 2.24) is 0 Å². The number of esters is 1. The van der Waals surface area contributed by atoms with Gasteiger partial charge in [-0.25, -0.2) is 0 Å². The summed E-state index contributed by atoms with van der Waals surface area (Å²) in [6, 6.07) is 0. The molecule has 20 heavy (non-hydrogen) atoms. The van der Waals surface area contributed by atoms with E-state index in [4.69, 9.17) is 9.47 Å². The minimum absolute atomic E-state index is 0.00148. The van der Waals surface area contributed by atoms with E-state index >= 15 is 0 Å². The first-order chi connectivity index (χ1) is 9.62. The molecule has 0 spiro atoms. The number of unbranched alkanes of at least 4 members (excludes halogenated alkanes) is 5. The van der Waals surface area contributed by atoms with Gasteiger partial charge in [0.15, 0.2) is 0 Å². The van der Waals surface area contributed by atoms with Crippen molar-refractivity contribution in [2.24, 2.45) is 5.41 Å². The van der Waals surface area contributed by atoms with E-state index in [0.717, 1.165) is 25.7 Å². The fraction of sp³-hybridized carbons (Fsp3) is 0.941. The number of carbonyl (C=O) groups is 1. The first-order valence-corrected chi connectivity index (χ1v) is 8.41. The molecule has 3 heteroatoms. The fourth-order valence-corrected chi connectivity index (χ4v) is 2.61. The summed E-state index contributed by atoms with van der Waals surface area (Å²) in [5.41, 5.74) is -0.293. The summed E-state index contributed by atoms with van der Waals surface area (Å²) in [6.07, 6.45) is 10.3. The Hall–Kier alpha value is -0.570. The van der Waals surface area contributed by atoms with Crippen molar-refractivity contribution < 1.29 is 14.3 Å². The van der Waals surface area contributed by atoms with E-state index in [1.165, 1.54) is 32.1 Å². The molecular formula is C17H32O3. The van der Waals surface area contributed by atoms with Crippen LogP contribution in [0.1, 0.15) is 78.6 Å². The highest BCUT2D eigenvalue weighted by molar-refractivity contribution is 5.76. The van der Waals surface area contributed by atoms with Crippen LogP contribution in [0.15, 0.2) is 0 Å². The maximum atomic E-state index is 12.4. The standard InChI is InChI=1S/C17H32O3/c1-4-6-8-10-12-17(3,11-9-7-5-2)16(18)20-15-13-19-14-15/h15H,4-14H2,1-3H3. The highest BCUT2D eigenvalue weighted by Crippen LogP contribution is 2.33. The third-order valence-electron chi connectivity index (χ3n) is 4.29. The van der Waals surface area contributed by atoms with Gasteiger partial charge in [-0.2, -0.15) is 0 Å². The van der Waals surface area contributed by atoms with E-state index in [1.54, 1.807) is 0 Å². The Labute approximate surface area is 124 Å². The Morgan fingerprint density at radius 1 is 1.05 bits per heavy atom. The second-order valence-corrected chi connectivity index (χ2v) is 6.39. The summed E-state index contributed by atoms with van der Waals surface area (Å²) in [4.78, 5) is 12.4. The van der Waals surface area contributed by atoms with Crippen LogP contribution in [-0.2, 0) is 14.3 Å². The molecule has 0 radical (unpaired) electrons. The van der Waals surface area contributed by atoms with Crippen LogP contribution >= 0.6 is 0 Å². The number of hydrogen-bond donors (Lipinski definition) is 0. The molecule has 1 atom stereocenters. The van der Waals surface area contributed by atoms with Gasteiger partial charge in [0.05, 0.1) is 18.6 Å². The Morgan fingerprint density at radius 2 is 1.60 bits per heavy atom. The van der Waals surface area contributed by atoms with Gasteiger partial charge in [0.2, 0.25) is 0 Å². The average Bonchev–Trinajstić information content (AvgIpc) is 2.39. The average molecular weight is 284 g/mol. The normalized spacial score (nSPS) is 18.4. The van der Waals surface area contributed by atoms with Crippen LogP contribution in [0.5, 0.6) is 0 Å². The van der Waals surface area contributed by atoms with Crippen LogP contribution in [-0.4, -0.2) is 25.3 Å². The van der Waals surface area contributed by atoms with Crippen LogP contribution in [0.2, 0.25) is 0 Å². The summed E-state index contributed by atoms with van der Waals surface area (Å²) in [6.45, 7) is 7.66. The Balaban J connectivity index is 2.44. The molecule has 0 saturated carbocycles. The largest absolute Gasteiger partial charge is 0.457 e. The second kappa shape index (κ2) is 9.38. The maximum Gasteiger partial charge on any atom is 0.312 e. The monoisotopic (exact) mass is 284 g/mol. The minimum atomic E-state index is -0.293. The maximum absolute atomic E-state index is 12.4. The van der Waals surface area contributed by atoms with E-state index in [2.05, 4.69) is 20.8 Å². The van der Waals surface area contributed by atoms with Gasteiger partial charge in [0.1, 0.15) is 6.10 Å². The van der Waals surface area contributed by atoms with Gasteiger partial charge >= 0.3 is 5.97 Å². The van der Waals surface area contributed by atoms with E-state index in [9.17, 15) is 4.79 Å².